The zero-order valence-corrected chi connectivity index (χ0v) is 21.4. The molecule has 196 valence electrons. The van der Waals surface area contributed by atoms with Crippen LogP contribution >= 0.6 is 11.6 Å². The first-order valence-corrected chi connectivity index (χ1v) is 13.6. The molecule has 0 saturated carbocycles. The second-order valence-corrected chi connectivity index (χ2v) is 11.5. The first-order valence-electron chi connectivity index (χ1n) is 11.6. The van der Waals surface area contributed by atoms with Gasteiger partial charge in [0.15, 0.2) is 9.84 Å². The van der Waals surface area contributed by atoms with Crippen LogP contribution in [0.15, 0.2) is 71.8 Å². The smallest absolute Gasteiger partial charge is 0.332 e. The number of benzene rings is 2. The Morgan fingerprint density at radius 2 is 1.81 bits per heavy atom. The van der Waals surface area contributed by atoms with Gasteiger partial charge in [-0.1, -0.05) is 48.9 Å². The van der Waals surface area contributed by atoms with E-state index in [4.69, 9.17) is 11.6 Å². The number of urea groups is 1. The van der Waals surface area contributed by atoms with E-state index >= 15 is 0 Å². The molecule has 1 saturated heterocycles. The van der Waals surface area contributed by atoms with Crippen LogP contribution in [0.3, 0.4) is 0 Å². The number of amides is 2. The highest BCUT2D eigenvalue weighted by molar-refractivity contribution is 7.91. The summed E-state index contributed by atoms with van der Waals surface area (Å²) in [7, 11) is -3.39. The first kappa shape index (κ1) is 26.9. The van der Waals surface area contributed by atoms with Crippen LogP contribution in [0.5, 0.6) is 0 Å². The second-order valence-electron chi connectivity index (χ2n) is 8.81. The van der Waals surface area contributed by atoms with Crippen molar-refractivity contribution in [2.24, 2.45) is 0 Å². The van der Waals surface area contributed by atoms with Crippen molar-refractivity contribution in [1.82, 2.24) is 15.2 Å². The summed E-state index contributed by atoms with van der Waals surface area (Å²) < 4.78 is 65.4. The summed E-state index contributed by atoms with van der Waals surface area (Å²) in [4.78, 5) is 18.7. The standard InChI is InChI=1S/C26H25ClF3N3O3S/c1-2-37(35,36)20-11-10-19(31-14-20)13-32-25(34)33-15-22(17-6-5-7-18(27)12-17)23(16-33)21-8-3-4-9-24(21)26(28,29)30/h3-12,14,22-23H,2,13,15-16H2,1H3,(H,32,34). The summed E-state index contributed by atoms with van der Waals surface area (Å²) in [6.07, 6.45) is -3.29. The van der Waals surface area contributed by atoms with E-state index in [-0.39, 0.29) is 35.8 Å². The molecule has 2 unspecified atom stereocenters. The molecule has 0 spiro atoms. The highest BCUT2D eigenvalue weighted by atomic mass is 35.5. The molecular formula is C26H25ClF3N3O3S. The molecule has 4 rings (SSSR count). The largest absolute Gasteiger partial charge is 0.416 e. The minimum Gasteiger partial charge on any atom is -0.332 e. The fourth-order valence-corrected chi connectivity index (χ4v) is 5.60. The molecule has 1 aromatic heterocycles. The van der Waals surface area contributed by atoms with Gasteiger partial charge in [-0.2, -0.15) is 13.2 Å². The summed E-state index contributed by atoms with van der Waals surface area (Å²) in [5, 5.41) is 3.20. The summed E-state index contributed by atoms with van der Waals surface area (Å²) in [6.45, 7) is 1.85. The number of likely N-dealkylation sites (tertiary alicyclic amines) is 1. The molecule has 1 N–H and O–H groups in total. The number of pyridine rings is 1. The normalized spacial score (nSPS) is 18.1. The Hall–Kier alpha value is -3.11. The Labute approximate surface area is 218 Å². The molecule has 1 aliphatic rings. The van der Waals surface area contributed by atoms with Crippen LogP contribution in [0, 0.1) is 0 Å². The number of sulfone groups is 1. The van der Waals surface area contributed by atoms with E-state index < -0.39 is 39.4 Å². The van der Waals surface area contributed by atoms with Crippen molar-refractivity contribution in [3.63, 3.8) is 0 Å². The lowest BCUT2D eigenvalue weighted by molar-refractivity contribution is -0.138. The van der Waals surface area contributed by atoms with E-state index in [1.807, 2.05) is 0 Å². The Morgan fingerprint density at radius 3 is 2.46 bits per heavy atom. The van der Waals surface area contributed by atoms with Crippen molar-refractivity contribution in [2.75, 3.05) is 18.8 Å². The van der Waals surface area contributed by atoms with E-state index in [0.717, 1.165) is 11.6 Å². The number of carbonyl (C=O) groups is 1. The summed E-state index contributed by atoms with van der Waals surface area (Å²) in [6, 6.07) is 14.9. The molecule has 0 bridgehead atoms. The van der Waals surface area contributed by atoms with Crippen LogP contribution in [0.1, 0.15) is 41.1 Å². The summed E-state index contributed by atoms with van der Waals surface area (Å²) >= 11 is 6.17. The Bertz CT molecular complexity index is 1380. The van der Waals surface area contributed by atoms with Crippen LogP contribution in [-0.2, 0) is 22.6 Å². The molecule has 37 heavy (non-hydrogen) atoms. The van der Waals surface area contributed by atoms with Gasteiger partial charge in [0.05, 0.1) is 28.5 Å². The lowest BCUT2D eigenvalue weighted by Gasteiger charge is -2.23. The molecule has 1 aliphatic heterocycles. The van der Waals surface area contributed by atoms with Crippen molar-refractivity contribution in [3.05, 3.63) is 94.3 Å². The van der Waals surface area contributed by atoms with E-state index in [1.165, 1.54) is 42.3 Å². The summed E-state index contributed by atoms with van der Waals surface area (Å²) in [5.41, 5.74) is 0.609. The average molecular weight is 552 g/mol. The number of alkyl halides is 3. The zero-order valence-electron chi connectivity index (χ0n) is 19.9. The minimum atomic E-state index is -4.53. The lowest BCUT2D eigenvalue weighted by Crippen LogP contribution is -2.38. The lowest BCUT2D eigenvalue weighted by atomic mass is 9.82. The number of rotatable bonds is 6. The van der Waals surface area contributed by atoms with E-state index in [9.17, 15) is 26.4 Å². The van der Waals surface area contributed by atoms with Crippen LogP contribution in [0.25, 0.3) is 0 Å². The number of halogens is 4. The van der Waals surface area contributed by atoms with Crippen molar-refractivity contribution in [1.29, 1.82) is 0 Å². The Kier molecular flexibility index (Phi) is 7.80. The molecule has 0 radical (unpaired) electrons. The number of aromatic nitrogens is 1. The maximum absolute atomic E-state index is 13.8. The van der Waals surface area contributed by atoms with Gasteiger partial charge in [-0.25, -0.2) is 13.2 Å². The third-order valence-electron chi connectivity index (χ3n) is 6.51. The van der Waals surface area contributed by atoms with Crippen LogP contribution in [-0.4, -0.2) is 43.2 Å². The van der Waals surface area contributed by atoms with Crippen LogP contribution in [0.2, 0.25) is 5.02 Å². The SMILES string of the molecule is CCS(=O)(=O)c1ccc(CNC(=O)N2CC(c3cccc(Cl)c3)C(c3ccccc3C(F)(F)F)C2)nc1. The number of carbonyl (C=O) groups excluding carboxylic acids is 1. The predicted molar refractivity (Wildman–Crippen MR) is 134 cm³/mol. The van der Waals surface area contributed by atoms with Crippen LogP contribution in [0.4, 0.5) is 18.0 Å². The third-order valence-corrected chi connectivity index (χ3v) is 8.46. The molecule has 0 aliphatic carbocycles. The second kappa shape index (κ2) is 10.7. The van der Waals surface area contributed by atoms with E-state index in [0.29, 0.717) is 10.7 Å². The summed E-state index contributed by atoms with van der Waals surface area (Å²) in [5.74, 6) is -1.05. The topological polar surface area (TPSA) is 79.4 Å². The Morgan fingerprint density at radius 1 is 1.08 bits per heavy atom. The average Bonchev–Trinajstić information content (AvgIpc) is 3.33. The molecule has 2 atom stereocenters. The van der Waals surface area contributed by atoms with Gasteiger partial charge in [-0.05, 0) is 41.5 Å². The third kappa shape index (κ3) is 6.07. The predicted octanol–water partition coefficient (Wildman–Crippen LogP) is 5.64. The molecule has 3 aromatic rings. The molecule has 1 fully saturated rings. The molecule has 2 aromatic carbocycles. The maximum Gasteiger partial charge on any atom is 0.416 e. The minimum absolute atomic E-state index is 0.0351. The Balaban J connectivity index is 1.55. The molecule has 2 amide bonds. The quantitative estimate of drug-likeness (QED) is 0.430. The van der Waals surface area contributed by atoms with Gasteiger partial charge in [-0.15, -0.1) is 0 Å². The van der Waals surface area contributed by atoms with Gasteiger partial charge in [0.2, 0.25) is 0 Å². The number of nitrogens with one attached hydrogen (secondary N) is 1. The highest BCUT2D eigenvalue weighted by Gasteiger charge is 2.42. The number of hydrogen-bond acceptors (Lipinski definition) is 4. The van der Waals surface area contributed by atoms with Gasteiger partial charge in [0.25, 0.3) is 0 Å². The van der Waals surface area contributed by atoms with Crippen molar-refractivity contribution in [3.8, 4) is 0 Å². The van der Waals surface area contributed by atoms with Gasteiger partial charge in [0.1, 0.15) is 0 Å². The fraction of sp³-hybridized carbons (Fsp3) is 0.308. The van der Waals surface area contributed by atoms with Gasteiger partial charge in [-0.3, -0.25) is 4.98 Å². The number of nitrogens with zero attached hydrogens (tertiary/aromatic N) is 2. The van der Waals surface area contributed by atoms with Gasteiger partial charge < -0.3 is 10.2 Å². The fourth-order valence-electron chi connectivity index (χ4n) is 4.58. The molecule has 2 heterocycles. The maximum atomic E-state index is 13.8. The van der Waals surface area contributed by atoms with Gasteiger partial charge in [0, 0.05) is 36.1 Å². The van der Waals surface area contributed by atoms with Gasteiger partial charge >= 0.3 is 12.2 Å². The van der Waals surface area contributed by atoms with Crippen molar-refractivity contribution < 1.29 is 26.4 Å². The van der Waals surface area contributed by atoms with E-state index in [2.05, 4.69) is 10.3 Å². The van der Waals surface area contributed by atoms with Crippen molar-refractivity contribution in [2.45, 2.75) is 36.4 Å². The van der Waals surface area contributed by atoms with Crippen molar-refractivity contribution >= 4 is 27.5 Å². The molecule has 11 heteroatoms. The first-order chi connectivity index (χ1) is 17.5. The molecule has 6 nitrogen and oxygen atoms in total. The monoisotopic (exact) mass is 551 g/mol. The highest BCUT2D eigenvalue weighted by Crippen LogP contribution is 2.44. The van der Waals surface area contributed by atoms with E-state index in [1.54, 1.807) is 30.3 Å². The number of hydrogen-bond donors (Lipinski definition) is 1. The van der Waals surface area contributed by atoms with Crippen LogP contribution < -0.4 is 5.32 Å². The zero-order chi connectivity index (χ0) is 26.8. The molecular weight excluding hydrogens is 527 g/mol.